The predicted molar refractivity (Wildman–Crippen MR) is 64.9 cm³/mol. The van der Waals surface area contributed by atoms with Gasteiger partial charge in [-0.2, -0.15) is 8.78 Å². The van der Waals surface area contributed by atoms with E-state index in [1.54, 1.807) is 6.07 Å². The molecule has 0 fully saturated rings. The van der Waals surface area contributed by atoms with E-state index in [0.717, 1.165) is 17.5 Å². The fourth-order valence-corrected chi connectivity index (χ4v) is 2.19. The largest absolute Gasteiger partial charge is 0.383 e. The summed E-state index contributed by atoms with van der Waals surface area (Å²) in [6, 6.07) is 7.05. The number of carbonyl (C=O) groups is 1. The van der Waals surface area contributed by atoms with Crippen LogP contribution in [0.25, 0.3) is 0 Å². The van der Waals surface area contributed by atoms with Crippen LogP contribution < -0.4 is 10.6 Å². The minimum absolute atomic E-state index is 0.155. The van der Waals surface area contributed by atoms with Crippen LogP contribution in [0.3, 0.4) is 0 Å². The minimum Gasteiger partial charge on any atom is -0.349 e. The molecule has 0 saturated heterocycles. The van der Waals surface area contributed by atoms with Crippen molar-refractivity contribution in [3.8, 4) is 0 Å². The molecule has 0 aromatic heterocycles. The number of carbonyl (C=O) groups excluding carboxylic acids is 1. The average Bonchev–Trinajstić information content (AvgIpc) is 2.44. The quantitative estimate of drug-likeness (QED) is 0.832. The van der Waals surface area contributed by atoms with Crippen molar-refractivity contribution < 1.29 is 22.4 Å². The van der Waals surface area contributed by atoms with Gasteiger partial charge in [-0.3, -0.25) is 4.79 Å². The van der Waals surface area contributed by atoms with E-state index in [2.05, 4.69) is 5.32 Å². The van der Waals surface area contributed by atoms with Gasteiger partial charge in [-0.05, 0) is 24.1 Å². The summed E-state index contributed by atoms with van der Waals surface area (Å²) in [5.74, 6) is -6.61. The van der Waals surface area contributed by atoms with Crippen LogP contribution in [0.2, 0.25) is 0 Å². The smallest absolute Gasteiger partial charge is 0.349 e. The minimum atomic E-state index is -4.66. The Morgan fingerprint density at radius 3 is 2.80 bits per heavy atom. The first kappa shape index (κ1) is 14.8. The molecule has 20 heavy (non-hydrogen) atoms. The Labute approximate surface area is 113 Å². The van der Waals surface area contributed by atoms with Crippen molar-refractivity contribution in [3.05, 3.63) is 35.4 Å². The normalized spacial score (nSPS) is 18.8. The lowest BCUT2D eigenvalue weighted by Gasteiger charge is -2.27. The van der Waals surface area contributed by atoms with Crippen molar-refractivity contribution in [2.45, 2.75) is 24.8 Å². The molecule has 110 valence electrons. The lowest BCUT2D eigenvalue weighted by molar-refractivity contribution is -0.169. The predicted octanol–water partition coefficient (Wildman–Crippen LogP) is 1.89. The zero-order valence-corrected chi connectivity index (χ0v) is 10.5. The molecule has 1 aromatic rings. The van der Waals surface area contributed by atoms with Crippen LogP contribution in [0.4, 0.5) is 17.6 Å². The van der Waals surface area contributed by atoms with Crippen LogP contribution in [0.5, 0.6) is 0 Å². The van der Waals surface area contributed by atoms with E-state index in [1.807, 2.05) is 23.5 Å². The van der Waals surface area contributed by atoms with Crippen LogP contribution in [-0.2, 0) is 11.2 Å². The second kappa shape index (κ2) is 5.78. The number of fused-ring (bicyclic) bond motifs is 1. The van der Waals surface area contributed by atoms with Gasteiger partial charge in [0.1, 0.15) is 0 Å². The zero-order chi connectivity index (χ0) is 14.8. The maximum Gasteiger partial charge on any atom is 0.383 e. The molecule has 1 aromatic carbocycles. The number of halogens is 4. The fraction of sp³-hybridized carbons (Fsp3) is 0.462. The molecular weight excluding hydrogens is 276 g/mol. The summed E-state index contributed by atoms with van der Waals surface area (Å²) in [5, 5.41) is 4.95. The Bertz CT molecular complexity index is 493. The van der Waals surface area contributed by atoms with Crippen LogP contribution in [0.1, 0.15) is 17.2 Å². The molecule has 3 nitrogen and oxygen atoms in total. The molecule has 2 rings (SSSR count). The number of hydrogen-bond donors (Lipinski definition) is 2. The number of amides is 1. The van der Waals surface area contributed by atoms with Gasteiger partial charge in [-0.1, -0.05) is 24.3 Å². The molecule has 1 atom stereocenters. The van der Waals surface area contributed by atoms with E-state index < -0.39 is 18.3 Å². The summed E-state index contributed by atoms with van der Waals surface area (Å²) >= 11 is 0. The maximum absolute atomic E-state index is 12.8. The van der Waals surface area contributed by atoms with E-state index in [4.69, 9.17) is 0 Å². The molecule has 1 amide bonds. The van der Waals surface area contributed by atoms with Gasteiger partial charge in [-0.15, -0.1) is 0 Å². The molecule has 0 radical (unpaired) electrons. The van der Waals surface area contributed by atoms with Crippen molar-refractivity contribution in [1.82, 2.24) is 10.6 Å². The lowest BCUT2D eigenvalue weighted by atomic mass is 9.94. The molecule has 1 aliphatic rings. The van der Waals surface area contributed by atoms with Gasteiger partial charge < -0.3 is 10.6 Å². The number of alkyl halides is 4. The Morgan fingerprint density at radius 2 is 2.10 bits per heavy atom. The second-order valence-corrected chi connectivity index (χ2v) is 4.59. The van der Waals surface area contributed by atoms with Gasteiger partial charge in [0.2, 0.25) is 0 Å². The molecular formula is C13H14F4N2O. The third-order valence-corrected chi connectivity index (χ3v) is 3.26. The monoisotopic (exact) mass is 290 g/mol. The Morgan fingerprint density at radius 1 is 1.40 bits per heavy atom. The van der Waals surface area contributed by atoms with E-state index in [1.165, 1.54) is 0 Å². The van der Waals surface area contributed by atoms with Gasteiger partial charge in [0, 0.05) is 12.6 Å². The lowest BCUT2D eigenvalue weighted by Crippen LogP contribution is -2.48. The third-order valence-electron chi connectivity index (χ3n) is 3.26. The zero-order valence-electron chi connectivity index (χ0n) is 10.5. The molecule has 1 heterocycles. The van der Waals surface area contributed by atoms with Crippen molar-refractivity contribution in [2.75, 3.05) is 13.1 Å². The molecule has 0 aliphatic carbocycles. The highest BCUT2D eigenvalue weighted by Crippen LogP contribution is 2.24. The van der Waals surface area contributed by atoms with E-state index in [-0.39, 0.29) is 12.6 Å². The topological polar surface area (TPSA) is 41.1 Å². The Kier molecular flexibility index (Phi) is 4.27. The summed E-state index contributed by atoms with van der Waals surface area (Å²) in [6.07, 6.45) is -3.21. The SMILES string of the molecule is O=C(NCC1NCCc2ccccc21)C(F)(F)C(F)F. The van der Waals surface area contributed by atoms with Gasteiger partial charge >= 0.3 is 12.3 Å². The summed E-state index contributed by atoms with van der Waals surface area (Å²) in [6.45, 7) is 0.487. The van der Waals surface area contributed by atoms with Crippen LogP contribution in [-0.4, -0.2) is 31.3 Å². The molecule has 0 spiro atoms. The molecule has 1 aliphatic heterocycles. The third kappa shape index (κ3) is 2.92. The Balaban J connectivity index is 2.01. The van der Waals surface area contributed by atoms with Crippen LogP contribution >= 0.6 is 0 Å². The summed E-state index contributed by atoms with van der Waals surface area (Å²) in [4.78, 5) is 11.1. The fourth-order valence-electron chi connectivity index (χ4n) is 2.19. The van der Waals surface area contributed by atoms with Gasteiger partial charge in [-0.25, -0.2) is 8.78 Å². The van der Waals surface area contributed by atoms with E-state index in [0.29, 0.717) is 6.54 Å². The molecule has 0 saturated carbocycles. The number of rotatable bonds is 4. The van der Waals surface area contributed by atoms with E-state index in [9.17, 15) is 22.4 Å². The molecule has 7 heteroatoms. The summed E-state index contributed by atoms with van der Waals surface area (Å²) < 4.78 is 49.7. The highest BCUT2D eigenvalue weighted by Gasteiger charge is 2.48. The van der Waals surface area contributed by atoms with Crippen LogP contribution in [0.15, 0.2) is 24.3 Å². The summed E-state index contributed by atoms with van der Waals surface area (Å²) in [7, 11) is 0. The first-order valence-corrected chi connectivity index (χ1v) is 6.18. The second-order valence-electron chi connectivity index (χ2n) is 4.59. The first-order valence-electron chi connectivity index (χ1n) is 6.18. The van der Waals surface area contributed by atoms with Crippen molar-refractivity contribution in [2.24, 2.45) is 0 Å². The maximum atomic E-state index is 12.8. The standard InChI is InChI=1S/C13H14F4N2O/c14-11(15)13(16,17)12(20)19-7-10-9-4-2-1-3-8(9)5-6-18-10/h1-4,10-11,18H,5-7H2,(H,19,20). The van der Waals surface area contributed by atoms with Gasteiger partial charge in [0.15, 0.2) is 0 Å². The Hall–Kier alpha value is -1.63. The van der Waals surface area contributed by atoms with Crippen molar-refractivity contribution in [1.29, 1.82) is 0 Å². The highest BCUT2D eigenvalue weighted by atomic mass is 19.3. The van der Waals surface area contributed by atoms with E-state index >= 15 is 0 Å². The molecule has 2 N–H and O–H groups in total. The highest BCUT2D eigenvalue weighted by molar-refractivity contribution is 5.83. The van der Waals surface area contributed by atoms with Crippen molar-refractivity contribution in [3.63, 3.8) is 0 Å². The number of nitrogens with one attached hydrogen (secondary N) is 2. The van der Waals surface area contributed by atoms with Crippen molar-refractivity contribution >= 4 is 5.91 Å². The number of benzene rings is 1. The average molecular weight is 290 g/mol. The number of hydrogen-bond acceptors (Lipinski definition) is 2. The van der Waals surface area contributed by atoms with Gasteiger partial charge in [0.25, 0.3) is 5.91 Å². The van der Waals surface area contributed by atoms with Crippen LogP contribution in [0, 0.1) is 0 Å². The molecule has 1 unspecified atom stereocenters. The molecule has 0 bridgehead atoms. The summed E-state index contributed by atoms with van der Waals surface area (Å²) in [5.41, 5.74) is 1.95. The first-order chi connectivity index (χ1) is 9.43. The van der Waals surface area contributed by atoms with Gasteiger partial charge in [0.05, 0.1) is 0 Å².